The van der Waals surface area contributed by atoms with Gasteiger partial charge in [0.2, 0.25) is 5.91 Å². The zero-order chi connectivity index (χ0) is 15.7. The number of thioether (sulfide) groups is 1. The molecule has 2 N–H and O–H groups in total. The molecule has 0 unspecified atom stereocenters. The molecule has 0 bridgehead atoms. The van der Waals surface area contributed by atoms with Crippen LogP contribution in [0.2, 0.25) is 0 Å². The van der Waals surface area contributed by atoms with Crippen LogP contribution in [-0.2, 0) is 11.3 Å². The van der Waals surface area contributed by atoms with E-state index < -0.39 is 0 Å². The molecule has 0 atom stereocenters. The molecule has 0 radical (unpaired) electrons. The maximum Gasteiger partial charge on any atom is 0.230 e. The first-order chi connectivity index (χ1) is 10.0. The van der Waals surface area contributed by atoms with E-state index in [4.69, 9.17) is 0 Å². The maximum atomic E-state index is 11.9. The van der Waals surface area contributed by atoms with E-state index in [0.29, 0.717) is 17.8 Å². The Morgan fingerprint density at radius 2 is 1.95 bits per heavy atom. The highest BCUT2D eigenvalue weighted by Gasteiger charge is 2.08. The zero-order valence-corrected chi connectivity index (χ0v) is 14.4. The fraction of sp³-hybridized carbons (Fsp3) is 0.588. The van der Waals surface area contributed by atoms with Gasteiger partial charge in [-0.05, 0) is 30.5 Å². The molecule has 0 aliphatic rings. The summed E-state index contributed by atoms with van der Waals surface area (Å²) >= 11 is 1.60. The van der Waals surface area contributed by atoms with E-state index in [9.17, 15) is 4.79 Å². The van der Waals surface area contributed by atoms with Crippen LogP contribution in [0.4, 0.5) is 0 Å². The number of carbonyl (C=O) groups excluding carboxylic acids is 1. The van der Waals surface area contributed by atoms with Gasteiger partial charge in [0.05, 0.1) is 5.75 Å². The van der Waals surface area contributed by atoms with Crippen LogP contribution in [-0.4, -0.2) is 23.7 Å². The Balaban J connectivity index is 2.44. The molecule has 1 amide bonds. The monoisotopic (exact) mass is 308 g/mol. The van der Waals surface area contributed by atoms with Crippen molar-refractivity contribution in [3.8, 4) is 0 Å². The van der Waals surface area contributed by atoms with Gasteiger partial charge in [-0.25, -0.2) is 0 Å². The van der Waals surface area contributed by atoms with E-state index in [1.54, 1.807) is 11.8 Å². The maximum absolute atomic E-state index is 11.9. The SMILES string of the molecule is CCC(CC)NC(=O)CSc1cccc(CNC(C)C)c1. The van der Waals surface area contributed by atoms with Crippen molar-refractivity contribution in [1.29, 1.82) is 0 Å². The molecule has 1 aromatic rings. The highest BCUT2D eigenvalue weighted by atomic mass is 32.2. The molecule has 0 saturated heterocycles. The van der Waals surface area contributed by atoms with Crippen molar-refractivity contribution in [2.45, 2.75) is 64.1 Å². The average molecular weight is 308 g/mol. The van der Waals surface area contributed by atoms with E-state index in [-0.39, 0.29) is 5.91 Å². The molecule has 21 heavy (non-hydrogen) atoms. The van der Waals surface area contributed by atoms with Crippen molar-refractivity contribution >= 4 is 17.7 Å². The zero-order valence-electron chi connectivity index (χ0n) is 13.6. The van der Waals surface area contributed by atoms with Crippen LogP contribution >= 0.6 is 11.8 Å². The number of hydrogen-bond acceptors (Lipinski definition) is 3. The summed E-state index contributed by atoms with van der Waals surface area (Å²) in [5.41, 5.74) is 1.26. The summed E-state index contributed by atoms with van der Waals surface area (Å²) in [5, 5.41) is 6.48. The molecule has 0 aliphatic carbocycles. The average Bonchev–Trinajstić information content (AvgIpc) is 2.49. The number of nitrogens with one attached hydrogen (secondary N) is 2. The largest absolute Gasteiger partial charge is 0.353 e. The Morgan fingerprint density at radius 3 is 2.57 bits per heavy atom. The molecule has 118 valence electrons. The third-order valence-corrected chi connectivity index (χ3v) is 4.33. The molecule has 0 saturated carbocycles. The molecule has 0 aromatic heterocycles. The number of carbonyl (C=O) groups is 1. The summed E-state index contributed by atoms with van der Waals surface area (Å²) < 4.78 is 0. The van der Waals surface area contributed by atoms with Crippen LogP contribution in [0, 0.1) is 0 Å². The van der Waals surface area contributed by atoms with Gasteiger partial charge in [0.1, 0.15) is 0 Å². The molecule has 4 heteroatoms. The van der Waals surface area contributed by atoms with Crippen molar-refractivity contribution in [3.05, 3.63) is 29.8 Å². The first-order valence-electron chi connectivity index (χ1n) is 7.79. The lowest BCUT2D eigenvalue weighted by atomic mass is 10.2. The van der Waals surface area contributed by atoms with E-state index in [2.05, 4.69) is 62.6 Å². The second-order valence-corrected chi connectivity index (χ2v) is 6.60. The van der Waals surface area contributed by atoms with Gasteiger partial charge in [0.25, 0.3) is 0 Å². The van der Waals surface area contributed by atoms with Crippen molar-refractivity contribution in [2.24, 2.45) is 0 Å². The Labute approximate surface area is 133 Å². The summed E-state index contributed by atoms with van der Waals surface area (Å²) in [7, 11) is 0. The standard InChI is InChI=1S/C17H28N2OS/c1-5-15(6-2)19-17(20)12-21-16-9-7-8-14(10-16)11-18-13(3)4/h7-10,13,15,18H,5-6,11-12H2,1-4H3,(H,19,20). The van der Waals surface area contributed by atoms with E-state index >= 15 is 0 Å². The molecule has 3 nitrogen and oxygen atoms in total. The first kappa shape index (κ1) is 18.1. The van der Waals surface area contributed by atoms with E-state index in [1.165, 1.54) is 5.56 Å². The van der Waals surface area contributed by atoms with Gasteiger partial charge < -0.3 is 10.6 Å². The van der Waals surface area contributed by atoms with Crippen molar-refractivity contribution in [1.82, 2.24) is 10.6 Å². The Hall–Kier alpha value is -1.00. The number of benzene rings is 1. The predicted molar refractivity (Wildman–Crippen MR) is 91.7 cm³/mol. The highest BCUT2D eigenvalue weighted by molar-refractivity contribution is 8.00. The van der Waals surface area contributed by atoms with Crippen molar-refractivity contribution in [2.75, 3.05) is 5.75 Å². The van der Waals surface area contributed by atoms with Gasteiger partial charge in [0.15, 0.2) is 0 Å². The number of hydrogen-bond donors (Lipinski definition) is 2. The van der Waals surface area contributed by atoms with Crippen LogP contribution in [0.1, 0.15) is 46.1 Å². The minimum atomic E-state index is 0.124. The Kier molecular flexibility index (Phi) is 8.47. The lowest BCUT2D eigenvalue weighted by Gasteiger charge is -2.14. The molecule has 0 spiro atoms. The van der Waals surface area contributed by atoms with E-state index in [1.807, 2.05) is 0 Å². The fourth-order valence-corrected chi connectivity index (χ4v) is 2.77. The second kappa shape index (κ2) is 9.85. The summed E-state index contributed by atoms with van der Waals surface area (Å²) in [6.45, 7) is 9.35. The molecular weight excluding hydrogens is 280 g/mol. The predicted octanol–water partition coefficient (Wildman–Crippen LogP) is 3.58. The van der Waals surface area contributed by atoms with Gasteiger partial charge in [-0.1, -0.05) is 39.8 Å². The number of rotatable bonds is 9. The van der Waals surface area contributed by atoms with Crippen LogP contribution in [0.15, 0.2) is 29.2 Å². The van der Waals surface area contributed by atoms with Crippen molar-refractivity contribution < 1.29 is 4.79 Å². The molecule has 1 rings (SSSR count). The molecule has 0 fully saturated rings. The Morgan fingerprint density at radius 1 is 1.24 bits per heavy atom. The highest BCUT2D eigenvalue weighted by Crippen LogP contribution is 2.19. The summed E-state index contributed by atoms with van der Waals surface area (Å²) in [5.74, 6) is 0.608. The molecule has 1 aromatic carbocycles. The molecule has 0 aliphatic heterocycles. The Bertz CT molecular complexity index is 431. The van der Waals surface area contributed by atoms with E-state index in [0.717, 1.165) is 24.3 Å². The van der Waals surface area contributed by atoms with Crippen LogP contribution in [0.5, 0.6) is 0 Å². The fourth-order valence-electron chi connectivity index (χ4n) is 1.98. The second-order valence-electron chi connectivity index (χ2n) is 5.55. The topological polar surface area (TPSA) is 41.1 Å². The quantitative estimate of drug-likeness (QED) is 0.685. The van der Waals surface area contributed by atoms with Gasteiger partial charge in [-0.15, -0.1) is 11.8 Å². The van der Waals surface area contributed by atoms with Crippen LogP contribution < -0.4 is 10.6 Å². The minimum absolute atomic E-state index is 0.124. The lowest BCUT2D eigenvalue weighted by Crippen LogP contribution is -2.34. The summed E-state index contributed by atoms with van der Waals surface area (Å²) in [4.78, 5) is 13.1. The number of amides is 1. The smallest absolute Gasteiger partial charge is 0.230 e. The molecular formula is C17H28N2OS. The summed E-state index contributed by atoms with van der Waals surface area (Å²) in [6, 6.07) is 9.17. The summed E-state index contributed by atoms with van der Waals surface area (Å²) in [6.07, 6.45) is 1.98. The lowest BCUT2D eigenvalue weighted by molar-refractivity contribution is -0.119. The normalized spacial score (nSPS) is 11.1. The van der Waals surface area contributed by atoms with Gasteiger partial charge >= 0.3 is 0 Å². The third kappa shape index (κ3) is 7.53. The van der Waals surface area contributed by atoms with Gasteiger partial charge in [-0.3, -0.25) is 4.79 Å². The van der Waals surface area contributed by atoms with Gasteiger partial charge in [0, 0.05) is 23.5 Å². The first-order valence-corrected chi connectivity index (χ1v) is 8.78. The van der Waals surface area contributed by atoms with Gasteiger partial charge in [-0.2, -0.15) is 0 Å². The minimum Gasteiger partial charge on any atom is -0.353 e. The third-order valence-electron chi connectivity index (χ3n) is 3.33. The van der Waals surface area contributed by atoms with Crippen LogP contribution in [0.25, 0.3) is 0 Å². The van der Waals surface area contributed by atoms with Crippen LogP contribution in [0.3, 0.4) is 0 Å². The van der Waals surface area contributed by atoms with Crippen molar-refractivity contribution in [3.63, 3.8) is 0 Å². The molecule has 0 heterocycles.